The topological polar surface area (TPSA) is 53.7 Å². The van der Waals surface area contributed by atoms with Gasteiger partial charge in [-0.15, -0.1) is 0 Å². The van der Waals surface area contributed by atoms with E-state index in [1.165, 1.54) is 0 Å². The van der Waals surface area contributed by atoms with E-state index in [-0.39, 0.29) is 12.1 Å². The van der Waals surface area contributed by atoms with Gasteiger partial charge in [0.15, 0.2) is 0 Å². The summed E-state index contributed by atoms with van der Waals surface area (Å²) in [5, 5.41) is 0. The van der Waals surface area contributed by atoms with Crippen molar-refractivity contribution in [2.24, 2.45) is 5.73 Å². The second kappa shape index (κ2) is 8.44. The number of methoxy groups -OCH3 is 1. The van der Waals surface area contributed by atoms with Crippen molar-refractivity contribution in [2.45, 2.75) is 26.0 Å². The third-order valence-electron chi connectivity index (χ3n) is 1.42. The molecule has 13 heavy (non-hydrogen) atoms. The number of nitrogens with two attached hydrogens (primary N) is 1. The fourth-order valence-corrected chi connectivity index (χ4v) is 0.801. The maximum atomic E-state index is 5.51. The van der Waals surface area contributed by atoms with Gasteiger partial charge in [-0.05, 0) is 13.8 Å². The molecule has 0 heterocycles. The van der Waals surface area contributed by atoms with Crippen LogP contribution in [0.4, 0.5) is 0 Å². The minimum Gasteiger partial charge on any atom is -0.382 e. The second-order valence-corrected chi connectivity index (χ2v) is 3.19. The predicted molar refractivity (Wildman–Crippen MR) is 51.8 cm³/mol. The summed E-state index contributed by atoms with van der Waals surface area (Å²) in [6.45, 7) is 6.29. The quantitative estimate of drug-likeness (QED) is 0.564. The Morgan fingerprint density at radius 1 is 1.15 bits per heavy atom. The Bertz CT molecular complexity index is 109. The van der Waals surface area contributed by atoms with Gasteiger partial charge in [-0.1, -0.05) is 0 Å². The van der Waals surface area contributed by atoms with Crippen LogP contribution in [0.5, 0.6) is 0 Å². The van der Waals surface area contributed by atoms with Crippen molar-refractivity contribution in [2.75, 3.05) is 33.5 Å². The zero-order chi connectivity index (χ0) is 10.1. The molecule has 4 heteroatoms. The molecule has 0 saturated carbocycles. The fourth-order valence-electron chi connectivity index (χ4n) is 0.801. The average molecular weight is 191 g/mol. The van der Waals surface area contributed by atoms with Crippen LogP contribution in [0.1, 0.15) is 13.8 Å². The van der Waals surface area contributed by atoms with Gasteiger partial charge in [0, 0.05) is 13.2 Å². The maximum absolute atomic E-state index is 5.51. The lowest BCUT2D eigenvalue weighted by Gasteiger charge is -2.14. The Kier molecular flexibility index (Phi) is 8.33. The number of hydrogen-bond acceptors (Lipinski definition) is 4. The molecule has 4 nitrogen and oxygen atoms in total. The summed E-state index contributed by atoms with van der Waals surface area (Å²) in [5.74, 6) is 0. The van der Waals surface area contributed by atoms with Gasteiger partial charge in [0.05, 0.1) is 32.5 Å². The Labute approximate surface area is 80.3 Å². The van der Waals surface area contributed by atoms with Crippen molar-refractivity contribution >= 4 is 0 Å². The molecule has 0 spiro atoms. The molecule has 0 bridgehead atoms. The minimum absolute atomic E-state index is 0.0891. The van der Waals surface area contributed by atoms with E-state index >= 15 is 0 Å². The van der Waals surface area contributed by atoms with Crippen LogP contribution in [0.25, 0.3) is 0 Å². The van der Waals surface area contributed by atoms with Crippen molar-refractivity contribution in [1.82, 2.24) is 0 Å². The summed E-state index contributed by atoms with van der Waals surface area (Å²) in [6.07, 6.45) is 0.105. The lowest BCUT2D eigenvalue weighted by Crippen LogP contribution is -2.26. The molecule has 0 saturated heterocycles. The lowest BCUT2D eigenvalue weighted by atomic mass is 10.4. The largest absolute Gasteiger partial charge is 0.382 e. The first-order valence-electron chi connectivity index (χ1n) is 4.60. The summed E-state index contributed by atoms with van der Waals surface area (Å²) < 4.78 is 15.5. The first-order valence-corrected chi connectivity index (χ1v) is 4.60. The molecule has 0 aromatic rings. The van der Waals surface area contributed by atoms with E-state index in [2.05, 4.69) is 0 Å². The molecule has 0 unspecified atom stereocenters. The van der Waals surface area contributed by atoms with Gasteiger partial charge < -0.3 is 19.9 Å². The molecule has 2 N–H and O–H groups in total. The van der Waals surface area contributed by atoms with Gasteiger partial charge in [-0.2, -0.15) is 0 Å². The number of rotatable bonds is 8. The van der Waals surface area contributed by atoms with E-state index < -0.39 is 0 Å². The Morgan fingerprint density at radius 2 is 1.85 bits per heavy atom. The molecule has 0 radical (unpaired) electrons. The van der Waals surface area contributed by atoms with Crippen molar-refractivity contribution in [3.8, 4) is 0 Å². The summed E-state index contributed by atoms with van der Waals surface area (Å²) in [4.78, 5) is 0. The molecule has 0 aliphatic heterocycles. The Hall–Kier alpha value is -0.160. The molecule has 0 rings (SSSR count). The third kappa shape index (κ3) is 9.76. The van der Waals surface area contributed by atoms with Crippen LogP contribution in [0, 0.1) is 0 Å². The predicted octanol–water partition coefficient (Wildman–Crippen LogP) is 0.402. The van der Waals surface area contributed by atoms with Crippen molar-refractivity contribution in [3.05, 3.63) is 0 Å². The van der Waals surface area contributed by atoms with E-state index in [1.807, 2.05) is 13.8 Å². The normalized spacial score (nSPS) is 15.7. The van der Waals surface area contributed by atoms with Crippen LogP contribution in [-0.2, 0) is 14.2 Å². The molecule has 0 fully saturated rings. The van der Waals surface area contributed by atoms with Gasteiger partial charge in [-0.25, -0.2) is 0 Å². The maximum Gasteiger partial charge on any atom is 0.0781 e. The van der Waals surface area contributed by atoms with E-state index in [9.17, 15) is 0 Å². The highest BCUT2D eigenvalue weighted by atomic mass is 16.5. The SMILES string of the molecule is COCCO[C@H](C)COC[C@@H](C)N. The molecular weight excluding hydrogens is 170 g/mol. The number of ether oxygens (including phenoxy) is 3. The summed E-state index contributed by atoms with van der Waals surface area (Å²) >= 11 is 0. The van der Waals surface area contributed by atoms with Gasteiger partial charge in [0.25, 0.3) is 0 Å². The van der Waals surface area contributed by atoms with Gasteiger partial charge in [0.1, 0.15) is 0 Å². The molecule has 0 aromatic heterocycles. The van der Waals surface area contributed by atoms with E-state index in [1.54, 1.807) is 7.11 Å². The Morgan fingerprint density at radius 3 is 2.38 bits per heavy atom. The second-order valence-electron chi connectivity index (χ2n) is 3.19. The van der Waals surface area contributed by atoms with Crippen molar-refractivity contribution in [1.29, 1.82) is 0 Å². The standard InChI is InChI=1S/C9H21NO3/c1-8(10)6-12-7-9(2)13-5-4-11-3/h8-9H,4-7,10H2,1-3H3/t8-,9-/m1/s1. The first-order chi connectivity index (χ1) is 6.16. The third-order valence-corrected chi connectivity index (χ3v) is 1.42. The van der Waals surface area contributed by atoms with Crippen LogP contribution in [-0.4, -0.2) is 45.7 Å². The highest BCUT2D eigenvalue weighted by Crippen LogP contribution is 1.92. The zero-order valence-corrected chi connectivity index (χ0v) is 8.79. The van der Waals surface area contributed by atoms with E-state index in [4.69, 9.17) is 19.9 Å². The van der Waals surface area contributed by atoms with Crippen LogP contribution in [0.3, 0.4) is 0 Å². The highest BCUT2D eigenvalue weighted by Gasteiger charge is 2.02. The molecule has 80 valence electrons. The number of hydrogen-bond donors (Lipinski definition) is 1. The average Bonchev–Trinajstić information content (AvgIpc) is 2.04. The van der Waals surface area contributed by atoms with Crippen LogP contribution in [0.2, 0.25) is 0 Å². The van der Waals surface area contributed by atoms with Crippen LogP contribution < -0.4 is 5.73 Å². The smallest absolute Gasteiger partial charge is 0.0781 e. The lowest BCUT2D eigenvalue weighted by molar-refractivity contribution is -0.0252. The monoisotopic (exact) mass is 191 g/mol. The Balaban J connectivity index is 3.15. The van der Waals surface area contributed by atoms with Gasteiger partial charge in [-0.3, -0.25) is 0 Å². The van der Waals surface area contributed by atoms with Crippen molar-refractivity contribution in [3.63, 3.8) is 0 Å². The van der Waals surface area contributed by atoms with Crippen LogP contribution in [0.15, 0.2) is 0 Å². The molecule has 0 aliphatic carbocycles. The highest BCUT2D eigenvalue weighted by molar-refractivity contribution is 4.52. The van der Waals surface area contributed by atoms with Crippen molar-refractivity contribution < 1.29 is 14.2 Å². The summed E-state index contributed by atoms with van der Waals surface area (Å²) in [5.41, 5.74) is 5.51. The van der Waals surface area contributed by atoms with E-state index in [0.717, 1.165) is 0 Å². The van der Waals surface area contributed by atoms with Gasteiger partial charge >= 0.3 is 0 Å². The van der Waals surface area contributed by atoms with E-state index in [0.29, 0.717) is 26.4 Å². The molecule has 0 aromatic carbocycles. The molecule has 0 aliphatic rings. The molecule has 0 amide bonds. The summed E-state index contributed by atoms with van der Waals surface area (Å²) in [6, 6.07) is 0.0891. The van der Waals surface area contributed by atoms with Crippen LogP contribution >= 0.6 is 0 Å². The molecule has 2 atom stereocenters. The zero-order valence-electron chi connectivity index (χ0n) is 8.79. The summed E-state index contributed by atoms with van der Waals surface area (Å²) in [7, 11) is 1.65. The van der Waals surface area contributed by atoms with Gasteiger partial charge in [0.2, 0.25) is 0 Å². The fraction of sp³-hybridized carbons (Fsp3) is 1.00. The minimum atomic E-state index is 0.0891. The molecular formula is C9H21NO3. The first kappa shape index (κ1) is 12.8.